The molecule has 0 radical (unpaired) electrons. The summed E-state index contributed by atoms with van der Waals surface area (Å²) < 4.78 is 5.23. The van der Waals surface area contributed by atoms with Crippen molar-refractivity contribution in [3.8, 4) is 5.75 Å². The lowest BCUT2D eigenvalue weighted by Gasteiger charge is -2.30. The Morgan fingerprint density at radius 3 is 2.37 bits per heavy atom. The van der Waals surface area contributed by atoms with Gasteiger partial charge in [0, 0.05) is 23.5 Å². The summed E-state index contributed by atoms with van der Waals surface area (Å²) in [5, 5.41) is 5.64. The van der Waals surface area contributed by atoms with E-state index < -0.39 is 12.1 Å². The number of ether oxygens (including phenoxy) is 1. The lowest BCUT2D eigenvalue weighted by Crippen LogP contribution is -2.54. The van der Waals surface area contributed by atoms with Crippen LogP contribution in [-0.2, 0) is 4.79 Å². The number of aromatic nitrogens is 1. The van der Waals surface area contributed by atoms with E-state index >= 15 is 0 Å². The highest BCUT2D eigenvalue weighted by Crippen LogP contribution is 2.27. The topological polar surface area (TPSA) is 92.7 Å². The number of amides is 2. The number of benzene rings is 2. The van der Waals surface area contributed by atoms with Gasteiger partial charge in [-0.1, -0.05) is 30.3 Å². The molecule has 2 amide bonds. The van der Waals surface area contributed by atoms with E-state index in [4.69, 9.17) is 9.73 Å². The van der Waals surface area contributed by atoms with Gasteiger partial charge in [0.15, 0.2) is 0 Å². The van der Waals surface area contributed by atoms with Crippen LogP contribution in [0.25, 0.3) is 0 Å². The van der Waals surface area contributed by atoms with Crippen LogP contribution in [0.5, 0.6) is 5.75 Å². The van der Waals surface area contributed by atoms with Crippen LogP contribution in [0.15, 0.2) is 84.1 Å². The number of rotatable bonds is 5. The molecule has 1 aliphatic heterocycles. The van der Waals surface area contributed by atoms with Gasteiger partial charge < -0.3 is 15.4 Å². The van der Waals surface area contributed by atoms with Gasteiger partial charge in [0.1, 0.15) is 23.7 Å². The molecule has 0 bridgehead atoms. The van der Waals surface area contributed by atoms with E-state index in [1.807, 2.05) is 18.2 Å². The van der Waals surface area contributed by atoms with Gasteiger partial charge in [0.25, 0.3) is 11.8 Å². The molecule has 4 rings (SSSR count). The highest BCUT2D eigenvalue weighted by Gasteiger charge is 2.36. The summed E-state index contributed by atoms with van der Waals surface area (Å²) in [6.07, 6.45) is 3.27. The molecule has 3 aromatic rings. The highest BCUT2D eigenvalue weighted by molar-refractivity contribution is 6.12. The Hall–Kier alpha value is -4.00. The molecule has 0 unspecified atom stereocenters. The maximum absolute atomic E-state index is 13.0. The Balaban J connectivity index is 1.70. The third kappa shape index (κ3) is 4.05. The van der Waals surface area contributed by atoms with E-state index in [9.17, 15) is 9.59 Å². The Morgan fingerprint density at radius 1 is 1.00 bits per heavy atom. The number of carbonyl (C=O) groups is 2. The average Bonchev–Trinajstić information content (AvgIpc) is 2.81. The summed E-state index contributed by atoms with van der Waals surface area (Å²) in [5.74, 6) is 0.467. The number of methoxy groups -OCH3 is 1. The first kappa shape index (κ1) is 19.3. The highest BCUT2D eigenvalue weighted by atomic mass is 16.5. The number of carbonyl (C=O) groups excluding carboxylic acids is 2. The number of amidine groups is 1. The van der Waals surface area contributed by atoms with Crippen molar-refractivity contribution in [2.45, 2.75) is 12.1 Å². The second-order valence-corrected chi connectivity index (χ2v) is 6.74. The molecule has 0 aliphatic carbocycles. The Labute approximate surface area is 173 Å². The molecule has 0 saturated carbocycles. The maximum atomic E-state index is 13.0. The quantitative estimate of drug-likeness (QED) is 0.688. The van der Waals surface area contributed by atoms with Crippen LogP contribution < -0.4 is 15.4 Å². The summed E-state index contributed by atoms with van der Waals surface area (Å²) in [5.41, 5.74) is 2.00. The van der Waals surface area contributed by atoms with Gasteiger partial charge in [-0.15, -0.1) is 0 Å². The molecule has 150 valence electrons. The lowest BCUT2D eigenvalue weighted by atomic mass is 9.96. The largest absolute Gasteiger partial charge is 0.497 e. The summed E-state index contributed by atoms with van der Waals surface area (Å²) in [7, 11) is 1.59. The summed E-state index contributed by atoms with van der Waals surface area (Å²) in [6.45, 7) is 0. The average molecular weight is 400 g/mol. The van der Waals surface area contributed by atoms with Gasteiger partial charge >= 0.3 is 0 Å². The van der Waals surface area contributed by atoms with Gasteiger partial charge in [0.05, 0.1) is 7.11 Å². The molecule has 1 aromatic heterocycles. The van der Waals surface area contributed by atoms with Crippen molar-refractivity contribution >= 4 is 17.6 Å². The van der Waals surface area contributed by atoms with E-state index in [1.165, 1.54) is 0 Å². The molecule has 30 heavy (non-hydrogen) atoms. The van der Waals surface area contributed by atoms with Crippen LogP contribution in [0.4, 0.5) is 0 Å². The normalized spacial score (nSPS) is 18.2. The van der Waals surface area contributed by atoms with Crippen LogP contribution in [0.3, 0.4) is 0 Å². The SMILES string of the molecule is COc1ccc([C@@H]2N=C(c3ccncc3)NC(=O)[C@H]2NC(=O)c2ccccc2)cc1. The zero-order valence-corrected chi connectivity index (χ0v) is 16.3. The molecule has 2 heterocycles. The monoisotopic (exact) mass is 400 g/mol. The van der Waals surface area contributed by atoms with Crippen molar-refractivity contribution in [1.29, 1.82) is 0 Å². The second kappa shape index (κ2) is 8.57. The van der Waals surface area contributed by atoms with Crippen molar-refractivity contribution in [2.75, 3.05) is 7.11 Å². The molecule has 0 spiro atoms. The molecule has 2 atom stereocenters. The fourth-order valence-corrected chi connectivity index (χ4v) is 3.27. The predicted octanol–water partition coefficient (Wildman–Crippen LogP) is 2.51. The fraction of sp³-hybridized carbons (Fsp3) is 0.130. The second-order valence-electron chi connectivity index (χ2n) is 6.74. The standard InChI is InChI=1S/C23H20N4O3/c1-30-18-9-7-15(8-10-18)19-20(26-22(28)17-5-3-2-4-6-17)23(29)27-21(25-19)16-11-13-24-14-12-16/h2-14,19-20H,1H3,(H,26,28)(H,25,27,29)/t19-,20-/m0/s1. The van der Waals surface area contributed by atoms with Crippen molar-refractivity contribution < 1.29 is 14.3 Å². The van der Waals surface area contributed by atoms with Crippen molar-refractivity contribution in [3.05, 3.63) is 95.8 Å². The van der Waals surface area contributed by atoms with Crippen LogP contribution in [0, 0.1) is 0 Å². The Morgan fingerprint density at radius 2 is 1.70 bits per heavy atom. The molecule has 1 aliphatic rings. The summed E-state index contributed by atoms with van der Waals surface area (Å²) in [6, 6.07) is 18.2. The predicted molar refractivity (Wildman–Crippen MR) is 112 cm³/mol. The summed E-state index contributed by atoms with van der Waals surface area (Å²) in [4.78, 5) is 34.5. The molecular weight excluding hydrogens is 380 g/mol. The molecule has 0 fully saturated rings. The van der Waals surface area contributed by atoms with Gasteiger partial charge in [-0.3, -0.25) is 19.6 Å². The molecule has 0 saturated heterocycles. The van der Waals surface area contributed by atoms with Crippen molar-refractivity contribution in [3.63, 3.8) is 0 Å². The lowest BCUT2D eigenvalue weighted by molar-refractivity contribution is -0.122. The zero-order chi connectivity index (χ0) is 20.9. The first-order valence-electron chi connectivity index (χ1n) is 9.44. The van der Waals surface area contributed by atoms with E-state index in [2.05, 4.69) is 15.6 Å². The number of nitrogens with zero attached hydrogens (tertiary/aromatic N) is 2. The van der Waals surface area contributed by atoms with Gasteiger partial charge in [-0.2, -0.15) is 0 Å². The molecule has 7 heteroatoms. The molecule has 2 N–H and O–H groups in total. The minimum Gasteiger partial charge on any atom is -0.497 e. The number of hydrogen-bond donors (Lipinski definition) is 2. The van der Waals surface area contributed by atoms with Gasteiger partial charge in [0.2, 0.25) is 0 Å². The van der Waals surface area contributed by atoms with Crippen LogP contribution >= 0.6 is 0 Å². The van der Waals surface area contributed by atoms with E-state index in [-0.39, 0.29) is 11.8 Å². The van der Waals surface area contributed by atoms with Gasteiger partial charge in [-0.25, -0.2) is 0 Å². The fourth-order valence-electron chi connectivity index (χ4n) is 3.27. The third-order valence-electron chi connectivity index (χ3n) is 4.84. The summed E-state index contributed by atoms with van der Waals surface area (Å²) >= 11 is 0. The van der Waals surface area contributed by atoms with E-state index in [1.54, 1.807) is 68.0 Å². The first-order valence-corrected chi connectivity index (χ1v) is 9.44. The molecular formula is C23H20N4O3. The van der Waals surface area contributed by atoms with Crippen LogP contribution in [-0.4, -0.2) is 35.8 Å². The van der Waals surface area contributed by atoms with Crippen molar-refractivity contribution in [1.82, 2.24) is 15.6 Å². The van der Waals surface area contributed by atoms with E-state index in [0.29, 0.717) is 17.1 Å². The van der Waals surface area contributed by atoms with Crippen molar-refractivity contribution in [2.24, 2.45) is 4.99 Å². The minimum absolute atomic E-state index is 0.332. The minimum atomic E-state index is -0.864. The number of nitrogens with one attached hydrogen (secondary N) is 2. The van der Waals surface area contributed by atoms with E-state index in [0.717, 1.165) is 11.1 Å². The van der Waals surface area contributed by atoms with Gasteiger partial charge in [-0.05, 0) is 42.0 Å². The Bertz CT molecular complexity index is 1070. The number of aliphatic imine (C=N–C) groups is 1. The van der Waals surface area contributed by atoms with Crippen LogP contribution in [0.1, 0.15) is 27.5 Å². The molecule has 7 nitrogen and oxygen atoms in total. The smallest absolute Gasteiger partial charge is 0.252 e. The zero-order valence-electron chi connectivity index (χ0n) is 16.3. The third-order valence-corrected chi connectivity index (χ3v) is 4.84. The Kier molecular flexibility index (Phi) is 5.52. The number of hydrogen-bond acceptors (Lipinski definition) is 5. The molecule has 2 aromatic carbocycles. The number of pyridine rings is 1. The maximum Gasteiger partial charge on any atom is 0.252 e. The first-order chi connectivity index (χ1) is 14.7. The van der Waals surface area contributed by atoms with Crippen LogP contribution in [0.2, 0.25) is 0 Å².